The number of amides is 1. The third kappa shape index (κ3) is 6.41. The Labute approximate surface area is 198 Å². The maximum Gasteiger partial charge on any atom is 0.315 e. The summed E-state index contributed by atoms with van der Waals surface area (Å²) in [7, 11) is 0. The van der Waals surface area contributed by atoms with E-state index < -0.39 is 29.9 Å². The van der Waals surface area contributed by atoms with Gasteiger partial charge in [-0.25, -0.2) is 18.8 Å². The maximum atomic E-state index is 14.1. The van der Waals surface area contributed by atoms with E-state index in [9.17, 15) is 18.4 Å². The molecular weight excluding hydrogens is 460 g/mol. The van der Waals surface area contributed by atoms with Gasteiger partial charge in [-0.15, -0.1) is 5.11 Å². The number of nitrogens with zero attached hydrogens (tertiary/aromatic N) is 4. The lowest BCUT2D eigenvalue weighted by Gasteiger charge is -2.09. The molecule has 0 saturated carbocycles. The zero-order chi connectivity index (χ0) is 25.4. The van der Waals surface area contributed by atoms with Crippen LogP contribution in [0.15, 0.2) is 70.1 Å². The fourth-order valence-corrected chi connectivity index (χ4v) is 2.99. The summed E-state index contributed by atoms with van der Waals surface area (Å²) in [6, 6.07) is 11.7. The van der Waals surface area contributed by atoms with E-state index in [2.05, 4.69) is 25.6 Å². The number of nitrogens with one attached hydrogen (secondary N) is 1. The molecule has 5 N–H and O–H groups in total. The Bertz CT molecular complexity index is 1290. The summed E-state index contributed by atoms with van der Waals surface area (Å²) in [5.41, 5.74) is 7.57. The summed E-state index contributed by atoms with van der Waals surface area (Å²) in [5, 5.41) is 9.50. The van der Waals surface area contributed by atoms with Crippen molar-refractivity contribution in [2.24, 2.45) is 21.2 Å². The first-order chi connectivity index (χ1) is 16.8. The highest BCUT2D eigenvalue weighted by atomic mass is 19.2. The van der Waals surface area contributed by atoms with Gasteiger partial charge >= 0.3 is 5.97 Å². The summed E-state index contributed by atoms with van der Waals surface area (Å²) in [4.78, 5) is 31.5. The van der Waals surface area contributed by atoms with E-state index in [1.165, 1.54) is 18.3 Å². The number of pyridine rings is 1. The Kier molecular flexibility index (Phi) is 8.11. The number of carbonyl (C=O) groups is 2. The molecule has 0 fully saturated rings. The highest BCUT2D eigenvalue weighted by Gasteiger charge is 2.15. The van der Waals surface area contributed by atoms with Crippen molar-refractivity contribution < 1.29 is 23.1 Å². The topological polar surface area (TPSA) is 157 Å². The first-order valence-electron chi connectivity index (χ1n) is 10.3. The van der Waals surface area contributed by atoms with Gasteiger partial charge in [-0.3, -0.25) is 9.59 Å². The minimum absolute atomic E-state index is 0.0135. The van der Waals surface area contributed by atoms with Crippen molar-refractivity contribution in [1.82, 2.24) is 4.98 Å². The van der Waals surface area contributed by atoms with Crippen molar-refractivity contribution in [3.63, 3.8) is 0 Å². The van der Waals surface area contributed by atoms with Crippen LogP contribution in [-0.4, -0.2) is 29.3 Å². The first kappa shape index (κ1) is 24.9. The van der Waals surface area contributed by atoms with Crippen molar-refractivity contribution in [3.05, 3.63) is 71.9 Å². The molecule has 180 valence electrons. The first-order valence-corrected chi connectivity index (χ1v) is 10.3. The molecule has 1 amide bonds. The molecule has 12 heteroatoms. The SMILES string of the molecule is CCOC(=O)CC(=O)Nc1ccc(-c2cnc(N)c(C(N=NN)=Nc3cccc(F)c3F)c2)cc1. The Morgan fingerprint density at radius 3 is 2.54 bits per heavy atom. The number of aromatic nitrogens is 1. The molecule has 0 bridgehead atoms. The minimum Gasteiger partial charge on any atom is -0.466 e. The molecule has 0 atom stereocenters. The quantitative estimate of drug-likeness (QED) is 0.0883. The number of anilines is 2. The number of nitrogens with two attached hydrogens (primary N) is 2. The van der Waals surface area contributed by atoms with Crippen LogP contribution in [-0.2, 0) is 14.3 Å². The number of carbonyl (C=O) groups excluding carboxylic acids is 2. The normalized spacial score (nSPS) is 11.5. The van der Waals surface area contributed by atoms with Crippen LogP contribution >= 0.6 is 0 Å². The van der Waals surface area contributed by atoms with Crippen molar-refractivity contribution in [3.8, 4) is 11.1 Å². The van der Waals surface area contributed by atoms with E-state index in [1.807, 2.05) is 0 Å². The predicted octanol–water partition coefficient (Wildman–Crippen LogP) is 3.90. The van der Waals surface area contributed by atoms with Gasteiger partial charge in [0, 0.05) is 17.4 Å². The van der Waals surface area contributed by atoms with Gasteiger partial charge in [-0.2, -0.15) is 0 Å². The van der Waals surface area contributed by atoms with Crippen molar-refractivity contribution in [2.75, 3.05) is 17.7 Å². The molecular formula is C23H21F2N7O3. The number of amidine groups is 1. The number of hydrogen-bond donors (Lipinski definition) is 3. The minimum atomic E-state index is -1.17. The van der Waals surface area contributed by atoms with E-state index in [0.29, 0.717) is 16.8 Å². The van der Waals surface area contributed by atoms with Gasteiger partial charge in [0.1, 0.15) is 17.9 Å². The number of ether oxygens (including phenoxy) is 1. The van der Waals surface area contributed by atoms with E-state index in [-0.39, 0.29) is 29.5 Å². The van der Waals surface area contributed by atoms with Crippen LogP contribution in [0.3, 0.4) is 0 Å². The Morgan fingerprint density at radius 2 is 1.86 bits per heavy atom. The van der Waals surface area contributed by atoms with Gasteiger partial charge in [-0.1, -0.05) is 23.4 Å². The molecule has 0 unspecified atom stereocenters. The van der Waals surface area contributed by atoms with Crippen LogP contribution in [0.1, 0.15) is 18.9 Å². The zero-order valence-corrected chi connectivity index (χ0v) is 18.5. The molecule has 1 heterocycles. The van der Waals surface area contributed by atoms with Crippen molar-refractivity contribution >= 4 is 34.9 Å². The van der Waals surface area contributed by atoms with Gasteiger partial charge in [0.05, 0.1) is 12.2 Å². The third-order valence-corrected chi connectivity index (χ3v) is 4.58. The average molecular weight is 481 g/mol. The van der Waals surface area contributed by atoms with Crippen LogP contribution in [0, 0.1) is 11.6 Å². The predicted molar refractivity (Wildman–Crippen MR) is 126 cm³/mol. The van der Waals surface area contributed by atoms with Gasteiger partial charge in [0.2, 0.25) is 5.91 Å². The highest BCUT2D eigenvalue weighted by Crippen LogP contribution is 2.27. The highest BCUT2D eigenvalue weighted by molar-refractivity contribution is 6.05. The maximum absolute atomic E-state index is 14.1. The fourth-order valence-electron chi connectivity index (χ4n) is 2.99. The molecule has 0 aliphatic heterocycles. The summed E-state index contributed by atoms with van der Waals surface area (Å²) >= 11 is 0. The standard InChI is InChI=1S/C23H21F2N7O3/c1-2-35-20(34)11-19(33)29-15-8-6-13(7-9-15)14-10-16(22(26)28-12-14)23(31-32-27)30-18-5-3-4-17(24)21(18)25/h3-10,12H,2,11H2,1H3,(H2,26,28)(H,29,33)(H2,27,30,31). The molecule has 2 aromatic carbocycles. The molecule has 0 aliphatic carbocycles. The Morgan fingerprint density at radius 1 is 1.11 bits per heavy atom. The largest absolute Gasteiger partial charge is 0.466 e. The zero-order valence-electron chi connectivity index (χ0n) is 18.5. The molecule has 35 heavy (non-hydrogen) atoms. The number of nitrogen functional groups attached to an aromatic ring is 1. The number of benzene rings is 2. The Balaban J connectivity index is 1.88. The van der Waals surface area contributed by atoms with Crippen LogP contribution in [0.5, 0.6) is 0 Å². The summed E-state index contributed by atoms with van der Waals surface area (Å²) in [6.45, 7) is 1.84. The lowest BCUT2D eigenvalue weighted by atomic mass is 10.0. The van der Waals surface area contributed by atoms with Gasteiger partial charge < -0.3 is 21.6 Å². The average Bonchev–Trinajstić information content (AvgIpc) is 2.82. The number of esters is 1. The lowest BCUT2D eigenvalue weighted by molar-refractivity contribution is -0.145. The number of aliphatic imine (C=N–C) groups is 1. The monoisotopic (exact) mass is 481 g/mol. The second kappa shape index (κ2) is 11.4. The molecule has 10 nitrogen and oxygen atoms in total. The van der Waals surface area contributed by atoms with Crippen LogP contribution in [0.25, 0.3) is 11.1 Å². The van der Waals surface area contributed by atoms with E-state index in [4.69, 9.17) is 16.3 Å². The lowest BCUT2D eigenvalue weighted by Crippen LogP contribution is -2.18. The van der Waals surface area contributed by atoms with Crippen LogP contribution in [0.2, 0.25) is 0 Å². The van der Waals surface area contributed by atoms with Gasteiger partial charge in [0.15, 0.2) is 17.5 Å². The van der Waals surface area contributed by atoms with E-state index in [0.717, 1.165) is 6.07 Å². The number of hydrogen-bond acceptors (Lipinski definition) is 7. The summed E-state index contributed by atoms with van der Waals surface area (Å²) < 4.78 is 32.4. The number of rotatable bonds is 7. The number of halogens is 2. The van der Waals surface area contributed by atoms with Crippen LogP contribution in [0.4, 0.5) is 26.0 Å². The second-order valence-corrected chi connectivity index (χ2v) is 6.99. The second-order valence-electron chi connectivity index (χ2n) is 6.99. The van der Waals surface area contributed by atoms with Gasteiger partial charge in [0.25, 0.3) is 0 Å². The molecule has 0 spiro atoms. The summed E-state index contributed by atoms with van der Waals surface area (Å²) in [6.07, 6.45) is 1.09. The van der Waals surface area contributed by atoms with Gasteiger partial charge in [-0.05, 0) is 42.8 Å². The molecule has 0 saturated heterocycles. The smallest absolute Gasteiger partial charge is 0.315 e. The molecule has 3 aromatic rings. The van der Waals surface area contributed by atoms with E-state index in [1.54, 1.807) is 37.3 Å². The molecule has 0 radical (unpaired) electrons. The Hall–Kier alpha value is -4.74. The van der Waals surface area contributed by atoms with E-state index >= 15 is 0 Å². The summed E-state index contributed by atoms with van der Waals surface area (Å²) in [5.74, 6) is 1.64. The molecule has 0 aliphatic rings. The van der Waals surface area contributed by atoms with Crippen molar-refractivity contribution in [2.45, 2.75) is 13.3 Å². The van der Waals surface area contributed by atoms with Crippen molar-refractivity contribution in [1.29, 1.82) is 0 Å². The van der Waals surface area contributed by atoms with Crippen LogP contribution < -0.4 is 16.9 Å². The molecule has 1 aromatic heterocycles. The third-order valence-electron chi connectivity index (χ3n) is 4.58. The molecule has 3 rings (SSSR count). The fraction of sp³-hybridized carbons (Fsp3) is 0.130.